The van der Waals surface area contributed by atoms with Gasteiger partial charge in [0.2, 0.25) is 5.91 Å². The Hall–Kier alpha value is -0.0300. The number of hydrogen-bond donors (Lipinski definition) is 2. The Labute approximate surface area is 118 Å². The quantitative estimate of drug-likeness (QED) is 0.697. The van der Waals surface area contributed by atoms with Gasteiger partial charge >= 0.3 is 0 Å². The van der Waals surface area contributed by atoms with Crippen molar-refractivity contribution in [2.24, 2.45) is 5.73 Å². The van der Waals surface area contributed by atoms with E-state index in [-0.39, 0.29) is 30.7 Å². The van der Waals surface area contributed by atoms with Crippen LogP contribution in [0.2, 0.25) is 0 Å². The Morgan fingerprint density at radius 3 is 2.29 bits per heavy atom. The van der Waals surface area contributed by atoms with Crippen molar-refractivity contribution < 1.29 is 4.79 Å². The van der Waals surface area contributed by atoms with Crippen LogP contribution in [-0.2, 0) is 4.79 Å². The molecule has 17 heavy (non-hydrogen) atoms. The lowest BCUT2D eigenvalue weighted by Gasteiger charge is -2.23. The van der Waals surface area contributed by atoms with Crippen molar-refractivity contribution in [3.63, 3.8) is 0 Å². The molecule has 0 aliphatic heterocycles. The van der Waals surface area contributed by atoms with Gasteiger partial charge in [-0.2, -0.15) is 0 Å². The Morgan fingerprint density at radius 1 is 1.35 bits per heavy atom. The van der Waals surface area contributed by atoms with Crippen LogP contribution in [0.4, 0.5) is 0 Å². The van der Waals surface area contributed by atoms with Crippen molar-refractivity contribution >= 4 is 30.7 Å². The van der Waals surface area contributed by atoms with Crippen molar-refractivity contribution in [1.29, 1.82) is 0 Å². The highest BCUT2D eigenvalue weighted by atomic mass is 35.5. The average Bonchev–Trinajstić information content (AvgIpc) is 2.11. The van der Waals surface area contributed by atoms with Crippen molar-refractivity contribution in [3.05, 3.63) is 0 Å². The molecule has 0 saturated heterocycles. The fourth-order valence-electron chi connectivity index (χ4n) is 1.43. The van der Waals surface area contributed by atoms with E-state index in [0.717, 1.165) is 25.8 Å². The Bertz CT molecular complexity index is 199. The monoisotopic (exact) mass is 287 g/mol. The van der Waals surface area contributed by atoms with E-state index in [2.05, 4.69) is 10.2 Å². The van der Waals surface area contributed by atoms with Gasteiger partial charge in [-0.25, -0.2) is 0 Å². The molecular formula is C11H27Cl2N3O. The highest BCUT2D eigenvalue weighted by Gasteiger charge is 2.26. The van der Waals surface area contributed by atoms with Crippen LogP contribution < -0.4 is 11.1 Å². The third kappa shape index (κ3) is 10.8. The van der Waals surface area contributed by atoms with Crippen LogP contribution in [0, 0.1) is 0 Å². The summed E-state index contributed by atoms with van der Waals surface area (Å²) in [5.74, 6) is -0.0388. The smallest absolute Gasteiger partial charge is 0.239 e. The van der Waals surface area contributed by atoms with Crippen molar-refractivity contribution in [3.8, 4) is 0 Å². The van der Waals surface area contributed by atoms with Crippen LogP contribution in [-0.4, -0.2) is 43.5 Å². The molecule has 106 valence electrons. The lowest BCUT2D eigenvalue weighted by Crippen LogP contribution is -2.51. The van der Waals surface area contributed by atoms with Gasteiger partial charge in [-0.3, -0.25) is 4.79 Å². The molecule has 0 aromatic heterocycles. The van der Waals surface area contributed by atoms with E-state index in [1.54, 1.807) is 6.92 Å². The summed E-state index contributed by atoms with van der Waals surface area (Å²) < 4.78 is 0. The van der Waals surface area contributed by atoms with Gasteiger partial charge < -0.3 is 16.0 Å². The van der Waals surface area contributed by atoms with Crippen molar-refractivity contribution in [1.82, 2.24) is 10.2 Å². The molecule has 3 N–H and O–H groups in total. The third-order valence-corrected chi connectivity index (χ3v) is 2.36. The first kappa shape index (κ1) is 22.2. The topological polar surface area (TPSA) is 58.4 Å². The number of nitrogens with one attached hydrogen (secondary N) is 1. The SMILES string of the molecule is CCCC(C)(N)C(=O)NCCCN(C)C.Cl.Cl. The Kier molecular flexibility index (Phi) is 14.5. The molecule has 6 heteroatoms. The van der Waals surface area contributed by atoms with Gasteiger partial charge in [0.25, 0.3) is 0 Å². The molecule has 0 rings (SSSR count). The van der Waals surface area contributed by atoms with Gasteiger partial charge in [0, 0.05) is 6.54 Å². The van der Waals surface area contributed by atoms with E-state index in [9.17, 15) is 4.79 Å². The number of carbonyl (C=O) groups is 1. The lowest BCUT2D eigenvalue weighted by molar-refractivity contribution is -0.126. The van der Waals surface area contributed by atoms with E-state index in [1.165, 1.54) is 0 Å². The van der Waals surface area contributed by atoms with Gasteiger partial charge in [0.05, 0.1) is 5.54 Å². The highest BCUT2D eigenvalue weighted by Crippen LogP contribution is 2.07. The van der Waals surface area contributed by atoms with Gasteiger partial charge in [-0.1, -0.05) is 13.3 Å². The number of amides is 1. The largest absolute Gasteiger partial charge is 0.354 e. The highest BCUT2D eigenvalue weighted by molar-refractivity contribution is 5.86. The number of nitrogens with two attached hydrogens (primary N) is 1. The molecule has 0 aromatic rings. The molecule has 0 spiro atoms. The fourth-order valence-corrected chi connectivity index (χ4v) is 1.43. The predicted molar refractivity (Wildman–Crippen MR) is 78.2 cm³/mol. The molecule has 0 saturated carbocycles. The predicted octanol–water partition coefficient (Wildman–Crippen LogP) is 1.42. The molecule has 1 unspecified atom stereocenters. The van der Waals surface area contributed by atoms with E-state index >= 15 is 0 Å². The molecule has 0 fully saturated rings. The zero-order chi connectivity index (χ0) is 11.9. The normalized spacial score (nSPS) is 13.3. The molecule has 4 nitrogen and oxygen atoms in total. The van der Waals surface area contributed by atoms with Crippen LogP contribution in [0.5, 0.6) is 0 Å². The maximum atomic E-state index is 11.6. The number of hydrogen-bond acceptors (Lipinski definition) is 3. The fraction of sp³-hybridized carbons (Fsp3) is 0.909. The first-order valence-corrected chi connectivity index (χ1v) is 5.62. The molecular weight excluding hydrogens is 261 g/mol. The first-order valence-electron chi connectivity index (χ1n) is 5.62. The minimum absolute atomic E-state index is 0. The lowest BCUT2D eigenvalue weighted by atomic mass is 9.96. The molecule has 0 aromatic carbocycles. The van der Waals surface area contributed by atoms with Crippen LogP contribution in [0.15, 0.2) is 0 Å². The average molecular weight is 288 g/mol. The Morgan fingerprint density at radius 2 is 1.88 bits per heavy atom. The third-order valence-electron chi connectivity index (χ3n) is 2.36. The summed E-state index contributed by atoms with van der Waals surface area (Å²) in [5.41, 5.74) is 5.17. The van der Waals surface area contributed by atoms with Crippen LogP contribution in [0.1, 0.15) is 33.1 Å². The van der Waals surface area contributed by atoms with Crippen LogP contribution in [0.25, 0.3) is 0 Å². The molecule has 0 bridgehead atoms. The summed E-state index contributed by atoms with van der Waals surface area (Å²) in [6.45, 7) is 5.51. The summed E-state index contributed by atoms with van der Waals surface area (Å²) >= 11 is 0. The minimum Gasteiger partial charge on any atom is -0.354 e. The summed E-state index contributed by atoms with van der Waals surface area (Å²) in [6.07, 6.45) is 2.62. The van der Waals surface area contributed by atoms with Gasteiger partial charge in [0.1, 0.15) is 0 Å². The van der Waals surface area contributed by atoms with E-state index in [4.69, 9.17) is 5.73 Å². The first-order chi connectivity index (χ1) is 6.90. The maximum absolute atomic E-state index is 11.6. The second-order valence-corrected chi connectivity index (χ2v) is 4.58. The summed E-state index contributed by atoms with van der Waals surface area (Å²) in [6, 6.07) is 0. The standard InChI is InChI=1S/C11H25N3O.2ClH/c1-5-7-11(2,12)10(15)13-8-6-9-14(3)4;;/h5-9,12H2,1-4H3,(H,13,15);2*1H. The number of halogens is 2. The van der Waals surface area contributed by atoms with Crippen LogP contribution >= 0.6 is 24.8 Å². The van der Waals surface area contributed by atoms with Gasteiger partial charge in [-0.15, -0.1) is 24.8 Å². The van der Waals surface area contributed by atoms with E-state index in [1.807, 2.05) is 21.0 Å². The number of rotatable bonds is 7. The van der Waals surface area contributed by atoms with Crippen LogP contribution in [0.3, 0.4) is 0 Å². The number of nitrogens with zero attached hydrogens (tertiary/aromatic N) is 1. The molecule has 1 amide bonds. The van der Waals surface area contributed by atoms with Crippen molar-refractivity contribution in [2.45, 2.75) is 38.6 Å². The Balaban J connectivity index is -0.000000980. The van der Waals surface area contributed by atoms with Crippen molar-refractivity contribution in [2.75, 3.05) is 27.2 Å². The number of carbonyl (C=O) groups excluding carboxylic acids is 1. The molecule has 0 radical (unpaired) electrons. The van der Waals surface area contributed by atoms with E-state index < -0.39 is 5.54 Å². The maximum Gasteiger partial charge on any atom is 0.239 e. The summed E-state index contributed by atoms with van der Waals surface area (Å²) in [5, 5.41) is 2.87. The van der Waals surface area contributed by atoms with E-state index in [0.29, 0.717) is 6.54 Å². The minimum atomic E-state index is -0.715. The summed E-state index contributed by atoms with van der Waals surface area (Å²) in [7, 11) is 4.04. The zero-order valence-electron chi connectivity index (χ0n) is 11.3. The molecule has 0 aliphatic rings. The van der Waals surface area contributed by atoms with Gasteiger partial charge in [-0.05, 0) is 40.4 Å². The molecule has 0 aliphatic carbocycles. The van der Waals surface area contributed by atoms with Gasteiger partial charge in [0.15, 0.2) is 0 Å². The molecule has 1 atom stereocenters. The summed E-state index contributed by atoms with van der Waals surface area (Å²) in [4.78, 5) is 13.7. The second-order valence-electron chi connectivity index (χ2n) is 4.58. The zero-order valence-corrected chi connectivity index (χ0v) is 12.9. The molecule has 0 heterocycles. The second kappa shape index (κ2) is 11.1.